The van der Waals surface area contributed by atoms with E-state index in [2.05, 4.69) is 62.6 Å². The molecule has 1 N–H and O–H groups in total. The molecule has 1 amide bonds. The highest BCUT2D eigenvalue weighted by Gasteiger charge is 2.27. The van der Waals surface area contributed by atoms with E-state index in [4.69, 9.17) is 14.5 Å². The largest absolute Gasteiger partial charge is 0.487 e. The molecule has 0 aliphatic heterocycles. The number of esters is 1. The normalized spacial score (nSPS) is 15.5. The van der Waals surface area contributed by atoms with Gasteiger partial charge < -0.3 is 14.8 Å². The van der Waals surface area contributed by atoms with Crippen molar-refractivity contribution in [1.29, 1.82) is 0 Å². The summed E-state index contributed by atoms with van der Waals surface area (Å²) in [6.07, 6.45) is 12.0. The number of nitrogens with zero attached hydrogens (tertiary/aromatic N) is 1. The Morgan fingerprint density at radius 1 is 1.02 bits per heavy atom. The van der Waals surface area contributed by atoms with E-state index >= 15 is 0 Å². The van der Waals surface area contributed by atoms with Crippen molar-refractivity contribution in [2.75, 3.05) is 6.61 Å². The molecule has 2 aliphatic carbocycles. The van der Waals surface area contributed by atoms with Crippen LogP contribution in [-0.2, 0) is 24.2 Å². The number of benzene rings is 2. The second-order valence-electron chi connectivity index (χ2n) is 10.5. The van der Waals surface area contributed by atoms with Crippen LogP contribution in [0.4, 0.5) is 5.00 Å². The van der Waals surface area contributed by atoms with Crippen LogP contribution in [0, 0.1) is 7.14 Å². The van der Waals surface area contributed by atoms with Gasteiger partial charge in [0.25, 0.3) is 5.91 Å². The average Bonchev–Trinajstić information content (AvgIpc) is 3.35. The topological polar surface area (TPSA) is 77.0 Å². The van der Waals surface area contributed by atoms with Crippen LogP contribution in [0.3, 0.4) is 0 Å². The summed E-state index contributed by atoms with van der Waals surface area (Å²) in [4.78, 5) is 31.6. The molecule has 0 radical (unpaired) electrons. The summed E-state index contributed by atoms with van der Waals surface area (Å²) in [5.41, 5.74) is 4.48. The van der Waals surface area contributed by atoms with Gasteiger partial charge in [0.2, 0.25) is 0 Å². The van der Waals surface area contributed by atoms with Gasteiger partial charge >= 0.3 is 5.97 Å². The van der Waals surface area contributed by atoms with Crippen molar-refractivity contribution in [3.8, 4) is 5.75 Å². The number of hydrogen-bond donors (Lipinski definition) is 1. The monoisotopic (exact) mass is 796 g/mol. The zero-order chi connectivity index (χ0) is 28.8. The molecule has 6 nitrogen and oxygen atoms in total. The number of rotatable bonds is 9. The first-order chi connectivity index (χ1) is 19.9. The molecule has 0 bridgehead atoms. The molecule has 9 heteroatoms. The van der Waals surface area contributed by atoms with Crippen molar-refractivity contribution in [2.45, 2.75) is 77.4 Å². The van der Waals surface area contributed by atoms with Crippen molar-refractivity contribution in [2.24, 2.45) is 4.99 Å². The lowest BCUT2D eigenvalue weighted by molar-refractivity contribution is 0.0526. The summed E-state index contributed by atoms with van der Waals surface area (Å²) >= 11 is 6.27. The summed E-state index contributed by atoms with van der Waals surface area (Å²) in [5.74, 6) is 0.546. The number of ether oxygens (including phenoxy) is 2. The fourth-order valence-corrected chi connectivity index (χ4v) is 8.77. The molecule has 216 valence electrons. The van der Waals surface area contributed by atoms with Crippen LogP contribution in [-0.4, -0.2) is 30.7 Å². The number of nitrogens with one attached hydrogen (secondary N) is 1. The van der Waals surface area contributed by atoms with Gasteiger partial charge in [0.15, 0.2) is 0 Å². The molecule has 2 aliphatic rings. The van der Waals surface area contributed by atoms with E-state index in [1.54, 1.807) is 30.4 Å². The second-order valence-corrected chi connectivity index (χ2v) is 13.9. The lowest BCUT2D eigenvalue weighted by Crippen LogP contribution is -2.36. The third-order valence-electron chi connectivity index (χ3n) is 7.52. The van der Waals surface area contributed by atoms with Crippen molar-refractivity contribution >= 4 is 79.6 Å². The van der Waals surface area contributed by atoms with Crippen LogP contribution in [0.25, 0.3) is 0 Å². The average molecular weight is 797 g/mol. The molecule has 0 spiro atoms. The Bertz CT molecular complexity index is 1410. The Balaban J connectivity index is 1.30. The third kappa shape index (κ3) is 7.70. The fourth-order valence-electron chi connectivity index (χ4n) is 5.41. The SMILES string of the molecule is CCOC(=O)c1ccc(COc2c(I)cc(C=Nc3sc4c(c3C(=O)NC3CCCCC3)CCCC4)cc2I)cc1. The van der Waals surface area contributed by atoms with Gasteiger partial charge in [0, 0.05) is 17.1 Å². The van der Waals surface area contributed by atoms with Crippen LogP contribution in [0.2, 0.25) is 0 Å². The van der Waals surface area contributed by atoms with Crippen LogP contribution in [0.15, 0.2) is 41.4 Å². The number of hydrogen-bond acceptors (Lipinski definition) is 6. The number of thiophene rings is 1. The maximum atomic E-state index is 13.5. The van der Waals surface area contributed by atoms with Crippen LogP contribution >= 0.6 is 56.5 Å². The standard InChI is InChI=1S/C32H34I2N2O4S/c1-2-39-32(38)22-14-12-20(13-15-22)19-40-29-25(33)16-21(17-26(29)34)18-35-31-28(24-10-6-7-11-27(24)41-31)30(37)36-23-8-4-3-5-9-23/h12-18,23H,2-11,19H2,1H3,(H,36,37). The van der Waals surface area contributed by atoms with Gasteiger partial charge in [0.05, 0.1) is 24.9 Å². The van der Waals surface area contributed by atoms with E-state index in [0.29, 0.717) is 18.8 Å². The lowest BCUT2D eigenvalue weighted by Gasteiger charge is -2.23. The Hall–Kier alpha value is -1.99. The van der Waals surface area contributed by atoms with Gasteiger partial charge in [-0.3, -0.25) is 4.79 Å². The van der Waals surface area contributed by atoms with Crippen LogP contribution < -0.4 is 10.1 Å². The van der Waals surface area contributed by atoms with Gasteiger partial charge in [-0.2, -0.15) is 0 Å². The molecule has 1 fully saturated rings. The molecule has 5 rings (SSSR count). The number of fused-ring (bicyclic) bond motifs is 1. The Kier molecular flexibility index (Phi) is 10.7. The molecule has 1 heterocycles. The molecule has 0 atom stereocenters. The highest BCUT2D eigenvalue weighted by molar-refractivity contribution is 14.1. The van der Waals surface area contributed by atoms with Gasteiger partial charge in [0.1, 0.15) is 17.4 Å². The predicted octanol–water partition coefficient (Wildman–Crippen LogP) is 8.40. The van der Waals surface area contributed by atoms with E-state index in [-0.39, 0.29) is 17.9 Å². The molecule has 1 aromatic heterocycles. The fraction of sp³-hybridized carbons (Fsp3) is 0.406. The highest BCUT2D eigenvalue weighted by Crippen LogP contribution is 2.40. The van der Waals surface area contributed by atoms with Gasteiger partial charge in [-0.1, -0.05) is 31.4 Å². The number of aryl methyl sites for hydroxylation is 1. The summed E-state index contributed by atoms with van der Waals surface area (Å²) in [7, 11) is 0. The van der Waals surface area contributed by atoms with Gasteiger partial charge in [-0.25, -0.2) is 9.79 Å². The van der Waals surface area contributed by atoms with Crippen molar-refractivity contribution < 1.29 is 19.1 Å². The summed E-state index contributed by atoms with van der Waals surface area (Å²) in [6.45, 7) is 2.54. The Morgan fingerprint density at radius 2 is 1.73 bits per heavy atom. The third-order valence-corrected chi connectivity index (χ3v) is 10.3. The smallest absolute Gasteiger partial charge is 0.338 e. The van der Waals surface area contributed by atoms with Crippen molar-refractivity contribution in [3.05, 3.63) is 76.2 Å². The molecular formula is C32H34I2N2O4S. The first kappa shape index (κ1) is 30.5. The number of amides is 1. The second kappa shape index (κ2) is 14.5. The Morgan fingerprint density at radius 3 is 2.44 bits per heavy atom. The molecule has 0 unspecified atom stereocenters. The minimum Gasteiger partial charge on any atom is -0.487 e. The first-order valence-corrected chi connectivity index (χ1v) is 17.3. The van der Waals surface area contributed by atoms with E-state index in [0.717, 1.165) is 66.7 Å². The quantitative estimate of drug-likeness (QED) is 0.134. The molecule has 1 saturated carbocycles. The van der Waals surface area contributed by atoms with Crippen LogP contribution in [0.1, 0.15) is 94.2 Å². The number of halogens is 2. The van der Waals surface area contributed by atoms with Crippen molar-refractivity contribution in [3.63, 3.8) is 0 Å². The minimum atomic E-state index is -0.319. The van der Waals surface area contributed by atoms with E-state index in [1.165, 1.54) is 36.1 Å². The molecule has 41 heavy (non-hydrogen) atoms. The maximum Gasteiger partial charge on any atom is 0.338 e. The van der Waals surface area contributed by atoms with Crippen molar-refractivity contribution in [1.82, 2.24) is 5.32 Å². The Labute approximate surface area is 273 Å². The lowest BCUT2D eigenvalue weighted by atomic mass is 9.93. The molecule has 2 aromatic carbocycles. The maximum absolute atomic E-state index is 13.5. The zero-order valence-corrected chi connectivity index (χ0v) is 28.3. The minimum absolute atomic E-state index is 0.0478. The summed E-state index contributed by atoms with van der Waals surface area (Å²) < 4.78 is 13.2. The number of carbonyl (C=O) groups excluding carboxylic acids is 2. The zero-order valence-electron chi connectivity index (χ0n) is 23.1. The first-order valence-electron chi connectivity index (χ1n) is 14.3. The molecular weight excluding hydrogens is 762 g/mol. The van der Waals surface area contributed by atoms with E-state index < -0.39 is 0 Å². The highest BCUT2D eigenvalue weighted by atomic mass is 127. The van der Waals surface area contributed by atoms with Gasteiger partial charge in [-0.05, 0) is 132 Å². The van der Waals surface area contributed by atoms with Crippen LogP contribution in [0.5, 0.6) is 5.75 Å². The number of carbonyl (C=O) groups is 2. The number of aliphatic imine (C=N–C) groups is 1. The summed E-state index contributed by atoms with van der Waals surface area (Å²) in [5, 5.41) is 4.15. The van der Waals surface area contributed by atoms with Gasteiger partial charge in [-0.15, -0.1) is 11.3 Å². The summed E-state index contributed by atoms with van der Waals surface area (Å²) in [6, 6.07) is 11.7. The molecule has 3 aromatic rings. The van der Waals surface area contributed by atoms with E-state index in [1.807, 2.05) is 18.3 Å². The predicted molar refractivity (Wildman–Crippen MR) is 181 cm³/mol. The molecule has 0 saturated heterocycles. The van der Waals surface area contributed by atoms with E-state index in [9.17, 15) is 9.59 Å².